The monoisotopic (exact) mass is 292 g/mol. The third-order valence-corrected chi connectivity index (χ3v) is 1.16. The van der Waals surface area contributed by atoms with Gasteiger partial charge in [-0.05, 0) is 51.6 Å². The summed E-state index contributed by atoms with van der Waals surface area (Å²) in [5.74, 6) is -1.91. The molecule has 0 aliphatic carbocycles. The highest BCUT2D eigenvalue weighted by atomic mass is 17.5. The van der Waals surface area contributed by atoms with Gasteiger partial charge in [-0.25, -0.2) is 9.59 Å². The smallest absolute Gasteiger partial charge is 0.264 e. The van der Waals surface area contributed by atoms with Gasteiger partial charge in [0, 0.05) is 12.2 Å². The second-order valence-corrected chi connectivity index (χ2v) is 5.67. The molecular weight excluding hydrogens is 272 g/mol. The van der Waals surface area contributed by atoms with Crippen molar-refractivity contribution in [3.63, 3.8) is 0 Å². The molecule has 0 aliphatic heterocycles. The molecule has 0 heterocycles. The fourth-order valence-corrected chi connectivity index (χ4v) is 0.497. The zero-order valence-corrected chi connectivity index (χ0v) is 12.4. The molecule has 0 amide bonds. The van der Waals surface area contributed by atoms with Crippen molar-refractivity contribution in [2.45, 2.75) is 52.7 Å². The zero-order chi connectivity index (χ0) is 15.8. The predicted octanol–water partition coefficient (Wildman–Crippen LogP) is 1.95. The number of carbonyl (C=O) groups excluding carboxylic acids is 2. The normalized spacial score (nSPS) is 12.5. The van der Waals surface area contributed by atoms with Gasteiger partial charge >= 0.3 is 11.9 Å². The van der Waals surface area contributed by atoms with Crippen LogP contribution in [0.4, 0.5) is 0 Å². The van der Waals surface area contributed by atoms with Crippen LogP contribution in [0.3, 0.4) is 0 Å². The van der Waals surface area contributed by atoms with Crippen molar-refractivity contribution >= 4 is 11.9 Å². The first-order valence-electron chi connectivity index (χ1n) is 5.80. The fourth-order valence-electron chi connectivity index (χ4n) is 0.497. The maximum absolute atomic E-state index is 11.1. The van der Waals surface area contributed by atoms with Gasteiger partial charge in [0.15, 0.2) is 0 Å². The van der Waals surface area contributed by atoms with E-state index in [9.17, 15) is 9.59 Å². The Labute approximate surface area is 117 Å². The van der Waals surface area contributed by atoms with E-state index in [0.29, 0.717) is 0 Å². The van der Waals surface area contributed by atoms with Crippen LogP contribution >= 0.6 is 0 Å². The highest BCUT2D eigenvalue weighted by Gasteiger charge is 2.14. The van der Waals surface area contributed by atoms with Gasteiger partial charge in [-0.1, -0.05) is 0 Å². The summed E-state index contributed by atoms with van der Waals surface area (Å²) >= 11 is 0. The summed E-state index contributed by atoms with van der Waals surface area (Å²) < 4.78 is 0. The zero-order valence-electron chi connectivity index (χ0n) is 12.4. The van der Waals surface area contributed by atoms with Crippen molar-refractivity contribution in [3.05, 3.63) is 12.2 Å². The Morgan fingerprint density at radius 2 is 1.00 bits per heavy atom. The lowest BCUT2D eigenvalue weighted by Crippen LogP contribution is -2.21. The van der Waals surface area contributed by atoms with E-state index in [-0.39, 0.29) is 0 Å². The van der Waals surface area contributed by atoms with Crippen LogP contribution in [0.1, 0.15) is 41.5 Å². The molecule has 0 rings (SSSR count). The molecule has 0 saturated carbocycles. The van der Waals surface area contributed by atoms with E-state index in [1.165, 1.54) is 0 Å². The van der Waals surface area contributed by atoms with Crippen LogP contribution in [-0.4, -0.2) is 23.1 Å². The van der Waals surface area contributed by atoms with E-state index >= 15 is 0 Å². The van der Waals surface area contributed by atoms with Crippen molar-refractivity contribution in [1.29, 1.82) is 0 Å². The summed E-state index contributed by atoms with van der Waals surface area (Å²) in [5, 5.41) is 8.42. The van der Waals surface area contributed by atoms with Crippen LogP contribution < -0.4 is 0 Å². The summed E-state index contributed by atoms with van der Waals surface area (Å²) in [4.78, 5) is 39.9. The Morgan fingerprint density at radius 1 is 0.700 bits per heavy atom. The molecule has 8 nitrogen and oxygen atoms in total. The fraction of sp³-hybridized carbons (Fsp3) is 0.667. The molecular formula is C12H20O8. The molecule has 0 unspecified atom stereocenters. The molecule has 0 fully saturated rings. The van der Waals surface area contributed by atoms with Gasteiger partial charge in [0.25, 0.3) is 0 Å². The number of hydrogen-bond donors (Lipinski definition) is 0. The van der Waals surface area contributed by atoms with Crippen LogP contribution in [0.2, 0.25) is 0 Å². The molecule has 0 spiro atoms. The van der Waals surface area contributed by atoms with Crippen molar-refractivity contribution in [1.82, 2.24) is 0 Å². The van der Waals surface area contributed by atoms with Crippen LogP contribution in [0.5, 0.6) is 0 Å². The molecule has 20 heavy (non-hydrogen) atoms. The third kappa shape index (κ3) is 13.0. The third-order valence-electron chi connectivity index (χ3n) is 1.16. The molecule has 0 aromatic heterocycles. The minimum Gasteiger partial charge on any atom is -0.264 e. The van der Waals surface area contributed by atoms with Gasteiger partial charge < -0.3 is 0 Å². The van der Waals surface area contributed by atoms with Gasteiger partial charge in [0.05, 0.1) is 11.2 Å². The highest BCUT2D eigenvalue weighted by Crippen LogP contribution is 2.08. The van der Waals surface area contributed by atoms with Crippen molar-refractivity contribution in [2.24, 2.45) is 0 Å². The standard InChI is InChI=1S/C12H20O8/c1-11(2,3)17-19-15-9(13)7-8-10(14)16-20-18-12(4,5)6/h7-8H,1-6H3/b8-7+. The van der Waals surface area contributed by atoms with E-state index in [0.717, 1.165) is 12.2 Å². The van der Waals surface area contributed by atoms with E-state index in [4.69, 9.17) is 0 Å². The van der Waals surface area contributed by atoms with E-state index in [1.807, 2.05) is 0 Å². The van der Waals surface area contributed by atoms with E-state index in [2.05, 4.69) is 29.6 Å². The Hall–Kier alpha value is -1.48. The van der Waals surface area contributed by atoms with Crippen molar-refractivity contribution in [3.8, 4) is 0 Å². The first-order valence-corrected chi connectivity index (χ1v) is 5.80. The molecule has 116 valence electrons. The summed E-state index contributed by atoms with van der Waals surface area (Å²) in [6, 6.07) is 0. The van der Waals surface area contributed by atoms with Gasteiger partial charge in [-0.15, -0.1) is 0 Å². The Morgan fingerprint density at radius 3 is 1.25 bits per heavy atom. The largest absolute Gasteiger partial charge is 0.369 e. The Kier molecular flexibility index (Phi) is 7.36. The molecule has 0 aromatic carbocycles. The maximum Gasteiger partial charge on any atom is 0.369 e. The van der Waals surface area contributed by atoms with Crippen LogP contribution in [0, 0.1) is 0 Å². The summed E-state index contributed by atoms with van der Waals surface area (Å²) in [7, 11) is 0. The lowest BCUT2D eigenvalue weighted by molar-refractivity contribution is -0.513. The van der Waals surface area contributed by atoms with Crippen LogP contribution in [0.25, 0.3) is 0 Å². The molecule has 0 N–H and O–H groups in total. The highest BCUT2D eigenvalue weighted by molar-refractivity contribution is 5.91. The SMILES string of the molecule is CC(C)(C)OOOC(=O)/C=C/C(=O)OOOC(C)(C)C. The summed E-state index contributed by atoms with van der Waals surface area (Å²) in [5.41, 5.74) is -1.28. The van der Waals surface area contributed by atoms with Gasteiger partial charge in [-0.2, -0.15) is 9.78 Å². The first kappa shape index (κ1) is 18.5. The minimum absolute atomic E-state index is 0.638. The van der Waals surface area contributed by atoms with Crippen molar-refractivity contribution in [2.75, 3.05) is 0 Å². The molecule has 0 radical (unpaired) electrons. The maximum atomic E-state index is 11.1. The van der Waals surface area contributed by atoms with Crippen LogP contribution in [-0.2, 0) is 39.2 Å². The minimum atomic E-state index is -0.956. The molecule has 0 aliphatic rings. The lowest BCUT2D eigenvalue weighted by atomic mass is 10.2. The van der Waals surface area contributed by atoms with Gasteiger partial charge in [0.2, 0.25) is 0 Å². The first-order chi connectivity index (χ1) is 8.99. The molecule has 0 bridgehead atoms. The number of hydrogen-bond acceptors (Lipinski definition) is 8. The molecule has 0 aromatic rings. The quantitative estimate of drug-likeness (QED) is 0.417. The second-order valence-electron chi connectivity index (χ2n) is 5.67. The number of rotatable bonds is 6. The Bertz CT molecular complexity index is 313. The second kappa shape index (κ2) is 7.95. The summed E-state index contributed by atoms with van der Waals surface area (Å²) in [6.45, 7) is 10.2. The molecule has 8 heteroatoms. The topological polar surface area (TPSA) is 89.5 Å². The van der Waals surface area contributed by atoms with Gasteiger partial charge in [-0.3, -0.25) is 9.78 Å². The van der Waals surface area contributed by atoms with Crippen LogP contribution in [0.15, 0.2) is 12.2 Å². The Balaban J connectivity index is 3.86. The molecule has 0 atom stereocenters. The van der Waals surface area contributed by atoms with Crippen molar-refractivity contribution < 1.29 is 39.2 Å². The predicted molar refractivity (Wildman–Crippen MR) is 65.2 cm³/mol. The van der Waals surface area contributed by atoms with Gasteiger partial charge in [0.1, 0.15) is 0 Å². The average Bonchev–Trinajstić information content (AvgIpc) is 2.22. The lowest BCUT2D eigenvalue weighted by Gasteiger charge is -2.15. The van der Waals surface area contributed by atoms with E-state index in [1.54, 1.807) is 41.5 Å². The average molecular weight is 292 g/mol. The van der Waals surface area contributed by atoms with E-state index < -0.39 is 23.1 Å². The summed E-state index contributed by atoms with van der Waals surface area (Å²) in [6.07, 6.45) is 1.55. The number of carbonyl (C=O) groups is 2. The molecule has 0 saturated heterocycles.